The third kappa shape index (κ3) is 3.30. The van der Waals surface area contributed by atoms with E-state index < -0.39 is 0 Å². The van der Waals surface area contributed by atoms with Gasteiger partial charge in [0.15, 0.2) is 0 Å². The Labute approximate surface area is 162 Å². The number of hydrogen-bond acceptors (Lipinski definition) is 5. The highest BCUT2D eigenvalue weighted by Crippen LogP contribution is 2.38. The van der Waals surface area contributed by atoms with E-state index in [4.69, 9.17) is 11.0 Å². The number of nitrogens with zero attached hydrogens (tertiary/aromatic N) is 3. The van der Waals surface area contributed by atoms with Gasteiger partial charge in [0.1, 0.15) is 5.82 Å². The first-order valence-corrected chi connectivity index (χ1v) is 9.04. The lowest BCUT2D eigenvalue weighted by Gasteiger charge is -2.12. The molecular formula is C22H19N5O. The van der Waals surface area contributed by atoms with Crippen LogP contribution in [0.1, 0.15) is 12.0 Å². The molecule has 1 fully saturated rings. The third-order valence-corrected chi connectivity index (χ3v) is 5.00. The Kier molecular flexibility index (Phi) is 4.50. The van der Waals surface area contributed by atoms with Gasteiger partial charge in [0.2, 0.25) is 5.91 Å². The number of amides is 1. The minimum atomic E-state index is -0.240. The number of anilines is 2. The maximum Gasteiger partial charge on any atom is 0.230 e. The average molecular weight is 369 g/mol. The van der Waals surface area contributed by atoms with Crippen LogP contribution >= 0.6 is 0 Å². The number of nitrogens with one attached hydrogen (secondary N) is 1. The van der Waals surface area contributed by atoms with Crippen LogP contribution in [-0.2, 0) is 11.2 Å². The van der Waals surface area contributed by atoms with Gasteiger partial charge in [-0.05, 0) is 53.6 Å². The minimum Gasteiger partial charge on any atom is -0.398 e. The number of carbonyl (C=O) groups is 1. The summed E-state index contributed by atoms with van der Waals surface area (Å²) in [5.74, 6) is -0.134. The lowest BCUT2D eigenvalue weighted by Crippen LogP contribution is -2.15. The van der Waals surface area contributed by atoms with Crippen molar-refractivity contribution in [2.24, 2.45) is 11.8 Å². The maximum absolute atomic E-state index is 12.2. The van der Waals surface area contributed by atoms with Crippen molar-refractivity contribution >= 4 is 28.2 Å². The minimum absolute atomic E-state index is 0.164. The van der Waals surface area contributed by atoms with Gasteiger partial charge in [-0.3, -0.25) is 9.78 Å². The van der Waals surface area contributed by atoms with Crippen molar-refractivity contribution in [1.82, 2.24) is 9.97 Å². The first-order valence-electron chi connectivity index (χ1n) is 9.04. The Morgan fingerprint density at radius 2 is 2.25 bits per heavy atom. The molecule has 138 valence electrons. The van der Waals surface area contributed by atoms with Crippen LogP contribution in [0, 0.1) is 23.2 Å². The molecule has 2 aromatic heterocycles. The topological polar surface area (TPSA) is 105 Å². The van der Waals surface area contributed by atoms with Gasteiger partial charge in [0.25, 0.3) is 0 Å². The van der Waals surface area contributed by atoms with Gasteiger partial charge < -0.3 is 11.1 Å². The zero-order chi connectivity index (χ0) is 19.7. The number of nitrogens with two attached hydrogens (primary N) is 1. The second-order valence-electron chi connectivity index (χ2n) is 6.95. The molecule has 28 heavy (non-hydrogen) atoms. The Morgan fingerprint density at radius 1 is 1.39 bits per heavy atom. The molecule has 6 nitrogen and oxygen atoms in total. The van der Waals surface area contributed by atoms with Crippen LogP contribution in [0.2, 0.25) is 0 Å². The Morgan fingerprint density at radius 3 is 3.00 bits per heavy atom. The number of hydrogen-bond donors (Lipinski definition) is 2. The van der Waals surface area contributed by atoms with E-state index >= 15 is 0 Å². The largest absolute Gasteiger partial charge is 0.398 e. The van der Waals surface area contributed by atoms with Crippen LogP contribution in [0.5, 0.6) is 0 Å². The zero-order valence-corrected chi connectivity index (χ0v) is 15.2. The SMILES string of the molecule is C=CCc1ccncc1-c1cc(N)c2cnc(NC(=O)[C@H]3C[C@@H]3C#N)cc2c1. The van der Waals surface area contributed by atoms with Gasteiger partial charge in [0, 0.05) is 35.2 Å². The smallest absolute Gasteiger partial charge is 0.230 e. The third-order valence-electron chi connectivity index (χ3n) is 5.00. The van der Waals surface area contributed by atoms with E-state index in [-0.39, 0.29) is 17.7 Å². The molecule has 1 aromatic carbocycles. The Balaban J connectivity index is 1.70. The van der Waals surface area contributed by atoms with E-state index in [9.17, 15) is 4.79 Å². The second kappa shape index (κ2) is 7.12. The molecule has 1 saturated carbocycles. The van der Waals surface area contributed by atoms with Crippen LogP contribution in [0.15, 0.2) is 55.5 Å². The van der Waals surface area contributed by atoms with Gasteiger partial charge in [-0.25, -0.2) is 4.98 Å². The monoisotopic (exact) mass is 369 g/mol. The van der Waals surface area contributed by atoms with E-state index in [0.717, 1.165) is 33.9 Å². The molecule has 3 aromatic rings. The molecule has 6 heteroatoms. The molecular weight excluding hydrogens is 350 g/mol. The standard InChI is InChI=1S/C22H19N5O/c1-2-3-13-4-5-25-11-18(13)14-6-15-9-21(26-12-19(15)20(24)8-14)27-22(28)17-7-16(17)10-23/h2,4-6,8-9,11-12,16-17H,1,3,7,24H2,(H,26,27,28)/t16-,17+/m1/s1. The highest BCUT2D eigenvalue weighted by Gasteiger charge is 2.43. The number of benzene rings is 1. The van der Waals surface area contributed by atoms with Gasteiger partial charge in [-0.1, -0.05) is 6.08 Å². The Hall–Kier alpha value is -3.72. The average Bonchev–Trinajstić information content (AvgIpc) is 3.48. The van der Waals surface area contributed by atoms with Crippen LogP contribution in [0.4, 0.5) is 11.5 Å². The van der Waals surface area contributed by atoms with Crippen LogP contribution in [-0.4, -0.2) is 15.9 Å². The molecule has 1 aliphatic carbocycles. The van der Waals surface area contributed by atoms with Crippen molar-refractivity contribution in [1.29, 1.82) is 5.26 Å². The summed E-state index contributed by atoms with van der Waals surface area (Å²) in [4.78, 5) is 20.7. The maximum atomic E-state index is 12.2. The number of nitriles is 1. The highest BCUT2D eigenvalue weighted by molar-refractivity contribution is 6.00. The number of carbonyl (C=O) groups excluding carboxylic acids is 1. The van der Waals surface area contributed by atoms with Crippen molar-refractivity contribution in [3.8, 4) is 17.2 Å². The summed E-state index contributed by atoms with van der Waals surface area (Å²) in [5.41, 5.74) is 9.93. The summed E-state index contributed by atoms with van der Waals surface area (Å²) < 4.78 is 0. The summed E-state index contributed by atoms with van der Waals surface area (Å²) in [5, 5.41) is 13.4. The molecule has 0 saturated heterocycles. The van der Waals surface area contributed by atoms with E-state index in [2.05, 4.69) is 27.9 Å². The number of aromatic nitrogens is 2. The molecule has 0 unspecified atom stereocenters. The number of nitrogen functional groups attached to an aromatic ring is 1. The van der Waals surface area contributed by atoms with Gasteiger partial charge in [-0.2, -0.15) is 5.26 Å². The Bertz CT molecular complexity index is 1130. The molecule has 0 spiro atoms. The van der Waals surface area contributed by atoms with Crippen LogP contribution < -0.4 is 11.1 Å². The predicted molar refractivity (Wildman–Crippen MR) is 109 cm³/mol. The quantitative estimate of drug-likeness (QED) is 0.527. The predicted octanol–water partition coefficient (Wildman–Crippen LogP) is 3.71. The molecule has 1 aliphatic rings. The molecule has 0 bridgehead atoms. The van der Waals surface area contributed by atoms with E-state index in [1.54, 1.807) is 18.5 Å². The van der Waals surface area contributed by atoms with Gasteiger partial charge in [0.05, 0.1) is 17.9 Å². The summed E-state index contributed by atoms with van der Waals surface area (Å²) in [6.07, 6.45) is 8.43. The molecule has 0 radical (unpaired) electrons. The number of allylic oxidation sites excluding steroid dienone is 1. The van der Waals surface area contributed by atoms with Crippen molar-refractivity contribution in [3.05, 3.63) is 61.1 Å². The molecule has 1 amide bonds. The molecule has 2 atom stereocenters. The zero-order valence-electron chi connectivity index (χ0n) is 15.2. The molecule has 3 N–H and O–H groups in total. The fourth-order valence-corrected chi connectivity index (χ4v) is 3.37. The van der Waals surface area contributed by atoms with Crippen LogP contribution in [0.3, 0.4) is 0 Å². The fourth-order valence-electron chi connectivity index (χ4n) is 3.37. The summed E-state index contributed by atoms with van der Waals surface area (Å²) >= 11 is 0. The summed E-state index contributed by atoms with van der Waals surface area (Å²) in [7, 11) is 0. The van der Waals surface area contributed by atoms with Crippen molar-refractivity contribution in [3.63, 3.8) is 0 Å². The number of rotatable bonds is 5. The van der Waals surface area contributed by atoms with E-state index in [1.165, 1.54) is 0 Å². The molecule has 4 rings (SSSR count). The lowest BCUT2D eigenvalue weighted by atomic mass is 9.97. The lowest BCUT2D eigenvalue weighted by molar-refractivity contribution is -0.117. The number of fused-ring (bicyclic) bond motifs is 1. The second-order valence-corrected chi connectivity index (χ2v) is 6.95. The van der Waals surface area contributed by atoms with Crippen molar-refractivity contribution in [2.45, 2.75) is 12.8 Å². The first-order chi connectivity index (χ1) is 13.6. The fraction of sp³-hybridized carbons (Fsp3) is 0.182. The van der Waals surface area contributed by atoms with Crippen molar-refractivity contribution in [2.75, 3.05) is 11.1 Å². The summed E-state index contributed by atoms with van der Waals surface area (Å²) in [6, 6.07) is 9.82. The van der Waals surface area contributed by atoms with E-state index in [0.29, 0.717) is 17.9 Å². The van der Waals surface area contributed by atoms with E-state index in [1.807, 2.05) is 30.5 Å². The molecule has 0 aliphatic heterocycles. The molecule has 2 heterocycles. The van der Waals surface area contributed by atoms with Crippen molar-refractivity contribution < 1.29 is 4.79 Å². The first kappa shape index (κ1) is 17.7. The normalized spacial score (nSPS) is 17.7. The highest BCUT2D eigenvalue weighted by atomic mass is 16.2. The van der Waals surface area contributed by atoms with Gasteiger partial charge >= 0.3 is 0 Å². The van der Waals surface area contributed by atoms with Crippen LogP contribution in [0.25, 0.3) is 21.9 Å². The van der Waals surface area contributed by atoms with Gasteiger partial charge in [-0.15, -0.1) is 6.58 Å². The number of pyridine rings is 2. The summed E-state index contributed by atoms with van der Waals surface area (Å²) in [6.45, 7) is 3.81.